The Morgan fingerprint density at radius 2 is 1.89 bits per heavy atom. The highest BCUT2D eigenvalue weighted by Crippen LogP contribution is 1.96. The van der Waals surface area contributed by atoms with Crippen molar-refractivity contribution in [3.63, 3.8) is 0 Å². The molecule has 0 rings (SSSR count). The lowest BCUT2D eigenvalue weighted by Crippen LogP contribution is -2.44. The van der Waals surface area contributed by atoms with E-state index in [-0.39, 0.29) is 5.54 Å². The van der Waals surface area contributed by atoms with Crippen LogP contribution in [0, 0.1) is 0 Å². The molecule has 0 radical (unpaired) electrons. The summed E-state index contributed by atoms with van der Waals surface area (Å²) in [6, 6.07) is -0.803. The van der Waals surface area contributed by atoms with Crippen LogP contribution < -0.4 is 10.9 Å². The summed E-state index contributed by atoms with van der Waals surface area (Å²) in [6.07, 6.45) is 0. The van der Waals surface area contributed by atoms with Gasteiger partial charge in [0.2, 0.25) is 0 Å². The van der Waals surface area contributed by atoms with Crippen LogP contribution in [0.3, 0.4) is 0 Å². The summed E-state index contributed by atoms with van der Waals surface area (Å²) in [5.41, 5.74) is 0.593. The van der Waals surface area contributed by atoms with Gasteiger partial charge in [-0.3, -0.25) is 0 Å². The molecule has 3 nitrogen and oxygen atoms in total. The first-order chi connectivity index (χ1) is 3.95. The summed E-state index contributed by atoms with van der Waals surface area (Å²) in [6.45, 7) is 5.30. The largest absolute Gasteiger partial charge is 0.343 e. The van der Waals surface area contributed by atoms with Gasteiger partial charge in [0.1, 0.15) is 0 Å². The predicted molar refractivity (Wildman–Crippen MR) is 32.5 cm³/mol. The molecule has 9 heavy (non-hydrogen) atoms. The highest BCUT2D eigenvalue weighted by molar-refractivity contribution is 5.73. The summed E-state index contributed by atoms with van der Waals surface area (Å²) in [5.74, 6) is 0. The van der Waals surface area contributed by atoms with E-state index in [9.17, 15) is 9.28 Å². The average Bonchev–Trinajstić information content (AvgIpc) is 1.62. The Bertz CT molecular complexity index is 108. The molecule has 0 fully saturated rings. The molecule has 0 unspecified atom stereocenters. The van der Waals surface area contributed by atoms with Gasteiger partial charge in [-0.1, -0.05) is 4.48 Å². The van der Waals surface area contributed by atoms with Gasteiger partial charge in [-0.2, -0.15) is 5.54 Å². The first-order valence-electron chi connectivity index (χ1n) is 2.64. The SMILES string of the molecule is CC(C)(C)NC(=O)NF. The Balaban J connectivity index is 3.60. The number of nitrogens with one attached hydrogen (secondary N) is 2. The minimum atomic E-state index is -0.803. The molecule has 0 aliphatic carbocycles. The van der Waals surface area contributed by atoms with Crippen molar-refractivity contribution in [2.24, 2.45) is 0 Å². The van der Waals surface area contributed by atoms with E-state index in [2.05, 4.69) is 5.32 Å². The molecule has 0 heterocycles. The highest BCUT2D eigenvalue weighted by Gasteiger charge is 2.12. The molecule has 0 saturated carbocycles. The van der Waals surface area contributed by atoms with Crippen LogP contribution in [0.4, 0.5) is 9.28 Å². The van der Waals surface area contributed by atoms with Crippen molar-refractivity contribution in [3.8, 4) is 0 Å². The van der Waals surface area contributed by atoms with E-state index in [1.807, 2.05) is 0 Å². The lowest BCUT2D eigenvalue weighted by atomic mass is 10.1. The van der Waals surface area contributed by atoms with Crippen LogP contribution in [0.15, 0.2) is 0 Å². The van der Waals surface area contributed by atoms with Crippen LogP contribution in [-0.4, -0.2) is 11.6 Å². The van der Waals surface area contributed by atoms with E-state index in [1.54, 1.807) is 20.8 Å². The fourth-order valence-corrected chi connectivity index (χ4v) is 0.364. The maximum absolute atomic E-state index is 11.3. The number of hydrogen-bond donors (Lipinski definition) is 2. The normalized spacial score (nSPS) is 10.7. The Morgan fingerprint density at radius 3 is 2.00 bits per heavy atom. The number of rotatable bonds is 0. The van der Waals surface area contributed by atoms with Crippen molar-refractivity contribution in [1.29, 1.82) is 0 Å². The lowest BCUT2D eigenvalue weighted by Gasteiger charge is -2.18. The summed E-state index contributed by atoms with van der Waals surface area (Å²) in [7, 11) is 0. The highest BCUT2D eigenvalue weighted by atomic mass is 19.2. The summed E-state index contributed by atoms with van der Waals surface area (Å²) < 4.78 is 11.3. The molecule has 0 aromatic rings. The summed E-state index contributed by atoms with van der Waals surface area (Å²) >= 11 is 0. The molecule has 0 aromatic carbocycles. The Hall–Kier alpha value is -0.800. The Morgan fingerprint density at radius 1 is 1.44 bits per heavy atom. The average molecular weight is 134 g/mol. The van der Waals surface area contributed by atoms with Crippen LogP contribution >= 0.6 is 0 Å². The van der Waals surface area contributed by atoms with Gasteiger partial charge in [0.15, 0.2) is 0 Å². The van der Waals surface area contributed by atoms with Crippen LogP contribution in [-0.2, 0) is 0 Å². The number of carbonyl (C=O) groups excluding carboxylic acids is 1. The van der Waals surface area contributed by atoms with Gasteiger partial charge in [-0.15, -0.1) is 0 Å². The lowest BCUT2D eigenvalue weighted by molar-refractivity contribution is 0.208. The molecule has 0 aromatic heterocycles. The second-order valence-corrected chi connectivity index (χ2v) is 2.80. The van der Waals surface area contributed by atoms with Crippen molar-refractivity contribution >= 4 is 6.03 Å². The van der Waals surface area contributed by atoms with Gasteiger partial charge >= 0.3 is 6.03 Å². The van der Waals surface area contributed by atoms with Gasteiger partial charge in [-0.25, -0.2) is 4.79 Å². The first-order valence-corrected chi connectivity index (χ1v) is 2.64. The fourth-order valence-electron chi connectivity index (χ4n) is 0.364. The van der Waals surface area contributed by atoms with E-state index >= 15 is 0 Å². The monoisotopic (exact) mass is 134 g/mol. The molecule has 0 aliphatic rings. The summed E-state index contributed by atoms with van der Waals surface area (Å²) in [5, 5.41) is 2.34. The van der Waals surface area contributed by atoms with Crippen molar-refractivity contribution in [2.45, 2.75) is 26.3 Å². The molecule has 54 valence electrons. The molecular formula is C5H11FN2O. The fraction of sp³-hybridized carbons (Fsp3) is 0.800. The molecule has 0 bridgehead atoms. The van der Waals surface area contributed by atoms with Gasteiger partial charge in [0.05, 0.1) is 0 Å². The predicted octanol–water partition coefficient (Wildman–Crippen LogP) is 0.969. The third kappa shape index (κ3) is 5.06. The van der Waals surface area contributed by atoms with Crippen LogP contribution in [0.25, 0.3) is 0 Å². The minimum absolute atomic E-state index is 0.379. The van der Waals surface area contributed by atoms with E-state index in [0.717, 1.165) is 5.54 Å². The molecule has 0 atom stereocenters. The number of hydrogen-bond acceptors (Lipinski definition) is 1. The third-order valence-electron chi connectivity index (χ3n) is 0.574. The van der Waals surface area contributed by atoms with Crippen molar-refractivity contribution in [2.75, 3.05) is 0 Å². The van der Waals surface area contributed by atoms with Gasteiger partial charge in [0.25, 0.3) is 0 Å². The zero-order valence-corrected chi connectivity index (χ0v) is 5.79. The quantitative estimate of drug-likeness (QED) is 0.476. The third-order valence-corrected chi connectivity index (χ3v) is 0.574. The Kier molecular flexibility index (Phi) is 2.42. The van der Waals surface area contributed by atoms with Gasteiger partial charge in [0, 0.05) is 5.54 Å². The minimum Gasteiger partial charge on any atom is -0.332 e. The second kappa shape index (κ2) is 2.66. The van der Waals surface area contributed by atoms with Crippen molar-refractivity contribution in [3.05, 3.63) is 0 Å². The van der Waals surface area contributed by atoms with E-state index in [0.29, 0.717) is 0 Å². The smallest absolute Gasteiger partial charge is 0.332 e. The van der Waals surface area contributed by atoms with Crippen molar-refractivity contribution < 1.29 is 9.28 Å². The molecular weight excluding hydrogens is 123 g/mol. The van der Waals surface area contributed by atoms with Crippen LogP contribution in [0.1, 0.15) is 20.8 Å². The second-order valence-electron chi connectivity index (χ2n) is 2.80. The number of carbonyl (C=O) groups is 1. The topological polar surface area (TPSA) is 41.1 Å². The van der Waals surface area contributed by atoms with Gasteiger partial charge in [-0.05, 0) is 20.8 Å². The van der Waals surface area contributed by atoms with Crippen LogP contribution in [0.2, 0.25) is 0 Å². The van der Waals surface area contributed by atoms with E-state index in [4.69, 9.17) is 0 Å². The zero-order valence-electron chi connectivity index (χ0n) is 5.79. The summed E-state index contributed by atoms with van der Waals surface area (Å²) in [4.78, 5) is 10.2. The standard InChI is InChI=1S/C5H11FN2O/c1-5(2,3)7-4(9)8-6/h1-3H3,(H2,7,8,9). The molecule has 2 N–H and O–H groups in total. The zero-order chi connectivity index (χ0) is 7.49. The maximum atomic E-state index is 11.3. The number of amides is 2. The van der Waals surface area contributed by atoms with E-state index < -0.39 is 6.03 Å². The molecule has 2 amide bonds. The van der Waals surface area contributed by atoms with Crippen LogP contribution in [0.5, 0.6) is 0 Å². The maximum Gasteiger partial charge on any atom is 0.343 e. The van der Waals surface area contributed by atoms with Crippen molar-refractivity contribution in [1.82, 2.24) is 10.9 Å². The number of halogens is 1. The molecule has 4 heteroatoms. The molecule has 0 aliphatic heterocycles. The Labute approximate surface area is 53.6 Å². The van der Waals surface area contributed by atoms with E-state index in [1.165, 1.54) is 0 Å². The molecule has 0 saturated heterocycles. The molecule has 0 spiro atoms. The first kappa shape index (κ1) is 8.20. The number of urea groups is 1. The van der Waals surface area contributed by atoms with Gasteiger partial charge < -0.3 is 5.32 Å².